The topological polar surface area (TPSA) is 79.2 Å². The van der Waals surface area contributed by atoms with E-state index < -0.39 is 10.0 Å². The molecule has 0 amide bonds. The molecule has 0 heterocycles. The highest BCUT2D eigenvalue weighted by Gasteiger charge is 2.11. The molecule has 0 spiro atoms. The van der Waals surface area contributed by atoms with Crippen molar-refractivity contribution in [2.24, 2.45) is 5.92 Å². The highest BCUT2D eigenvalue weighted by Crippen LogP contribution is 2.07. The van der Waals surface area contributed by atoms with E-state index in [1.54, 1.807) is 24.3 Å². The molecule has 0 aliphatic rings. The number of benzene rings is 1. The molecule has 0 saturated heterocycles. The number of rotatable bonds is 6. The molecule has 0 aliphatic heterocycles. The van der Waals surface area contributed by atoms with Crippen LogP contribution in [0.3, 0.4) is 0 Å². The molecule has 0 unspecified atom stereocenters. The second kappa shape index (κ2) is 6.50. The average Bonchev–Trinajstić information content (AvgIpc) is 2.28. The molecule has 0 bridgehead atoms. The Morgan fingerprint density at radius 2 is 1.94 bits per heavy atom. The van der Waals surface area contributed by atoms with Crippen LogP contribution in [0.4, 0.5) is 0 Å². The Balaban J connectivity index is 2.57. The largest absolute Gasteiger partial charge is 0.287 e. The van der Waals surface area contributed by atoms with Crippen LogP contribution in [0.15, 0.2) is 24.3 Å². The van der Waals surface area contributed by atoms with Gasteiger partial charge in [-0.3, -0.25) is 4.84 Å². The third-order valence-electron chi connectivity index (χ3n) is 2.04. The minimum absolute atomic E-state index is 0.170. The molecule has 0 radical (unpaired) electrons. The first-order chi connectivity index (χ1) is 8.43. The first-order valence-electron chi connectivity index (χ1n) is 5.53. The minimum atomic E-state index is -3.51. The summed E-state index contributed by atoms with van der Waals surface area (Å²) in [6.07, 6.45) is 0. The lowest BCUT2D eigenvalue weighted by Crippen LogP contribution is -2.27. The van der Waals surface area contributed by atoms with Crippen molar-refractivity contribution < 1.29 is 13.3 Å². The molecule has 0 saturated carbocycles. The zero-order chi connectivity index (χ0) is 13.6. The van der Waals surface area contributed by atoms with Gasteiger partial charge in [0.05, 0.1) is 24.0 Å². The Morgan fingerprint density at radius 1 is 1.33 bits per heavy atom. The molecule has 1 rings (SSSR count). The summed E-state index contributed by atoms with van der Waals surface area (Å²) in [6.45, 7) is 4.18. The number of nitrogens with zero attached hydrogens (tertiary/aromatic N) is 1. The first-order valence-corrected chi connectivity index (χ1v) is 7.18. The number of hydrogen-bond donors (Lipinski definition) is 1. The van der Waals surface area contributed by atoms with Gasteiger partial charge < -0.3 is 0 Å². The van der Waals surface area contributed by atoms with Gasteiger partial charge in [0.1, 0.15) is 0 Å². The monoisotopic (exact) mass is 268 g/mol. The second-order valence-corrected chi connectivity index (χ2v) is 6.04. The van der Waals surface area contributed by atoms with E-state index in [2.05, 4.69) is 4.89 Å². The van der Waals surface area contributed by atoms with Crippen molar-refractivity contribution in [1.29, 1.82) is 5.26 Å². The van der Waals surface area contributed by atoms with E-state index in [9.17, 15) is 8.42 Å². The second-order valence-electron chi connectivity index (χ2n) is 4.36. The quantitative estimate of drug-likeness (QED) is 0.794. The van der Waals surface area contributed by atoms with Crippen molar-refractivity contribution in [3.63, 3.8) is 0 Å². The molecule has 0 fully saturated rings. The molecular formula is C12H16N2O3S. The standard InChI is InChI=1S/C12H16N2O3S/c1-10(2)8-17-14-18(15,16)9-12-5-3-11(7-13)4-6-12/h3-6,10,14H,8-9H2,1-2H3. The van der Waals surface area contributed by atoms with Gasteiger partial charge in [-0.1, -0.05) is 30.9 Å². The molecule has 5 nitrogen and oxygen atoms in total. The van der Waals surface area contributed by atoms with Crippen molar-refractivity contribution in [3.8, 4) is 6.07 Å². The fourth-order valence-electron chi connectivity index (χ4n) is 1.21. The highest BCUT2D eigenvalue weighted by molar-refractivity contribution is 7.88. The van der Waals surface area contributed by atoms with Gasteiger partial charge in [0.25, 0.3) is 0 Å². The Kier molecular flexibility index (Phi) is 5.28. The summed E-state index contributed by atoms with van der Waals surface area (Å²) in [5, 5.41) is 8.63. The van der Waals surface area contributed by atoms with Crippen LogP contribution in [0.2, 0.25) is 0 Å². The lowest BCUT2D eigenvalue weighted by molar-refractivity contribution is 0.0718. The lowest BCUT2D eigenvalue weighted by atomic mass is 10.2. The smallest absolute Gasteiger partial charge is 0.237 e. The van der Waals surface area contributed by atoms with Crippen LogP contribution < -0.4 is 4.89 Å². The molecule has 18 heavy (non-hydrogen) atoms. The fourth-order valence-corrected chi connectivity index (χ4v) is 2.15. The molecule has 0 aliphatic carbocycles. The number of hydrogen-bond acceptors (Lipinski definition) is 4. The van der Waals surface area contributed by atoms with Crippen LogP contribution in [-0.2, 0) is 20.6 Å². The Labute approximate surface area is 107 Å². The summed E-state index contributed by atoms with van der Waals surface area (Å²) in [6, 6.07) is 8.36. The van der Waals surface area contributed by atoms with Crippen LogP contribution in [-0.4, -0.2) is 15.0 Å². The molecule has 1 aromatic rings. The molecule has 1 N–H and O–H groups in total. The van der Waals surface area contributed by atoms with Crippen molar-refractivity contribution in [3.05, 3.63) is 35.4 Å². The third-order valence-corrected chi connectivity index (χ3v) is 3.13. The van der Waals surface area contributed by atoms with Crippen LogP contribution in [0.5, 0.6) is 0 Å². The number of nitriles is 1. The van der Waals surface area contributed by atoms with Gasteiger partial charge in [-0.05, 0) is 23.6 Å². The number of sulfonamides is 1. The number of nitrogens with one attached hydrogen (secondary N) is 1. The van der Waals surface area contributed by atoms with E-state index in [1.165, 1.54) is 0 Å². The Bertz CT molecular complexity index is 515. The summed E-state index contributed by atoms with van der Waals surface area (Å²) in [7, 11) is -3.51. The van der Waals surface area contributed by atoms with Gasteiger partial charge >= 0.3 is 0 Å². The fraction of sp³-hybridized carbons (Fsp3) is 0.417. The lowest BCUT2D eigenvalue weighted by Gasteiger charge is -2.08. The van der Waals surface area contributed by atoms with Crippen LogP contribution in [0.1, 0.15) is 25.0 Å². The minimum Gasteiger partial charge on any atom is -0.287 e. The van der Waals surface area contributed by atoms with E-state index in [1.807, 2.05) is 19.9 Å². The maximum Gasteiger partial charge on any atom is 0.237 e. The van der Waals surface area contributed by atoms with E-state index in [4.69, 9.17) is 10.1 Å². The predicted molar refractivity (Wildman–Crippen MR) is 67.7 cm³/mol. The molecular weight excluding hydrogens is 252 g/mol. The van der Waals surface area contributed by atoms with Gasteiger partial charge in [-0.15, -0.1) is 0 Å². The molecule has 6 heteroatoms. The van der Waals surface area contributed by atoms with Gasteiger partial charge in [0.2, 0.25) is 10.0 Å². The summed E-state index contributed by atoms with van der Waals surface area (Å²) in [5.41, 5.74) is 1.11. The molecule has 0 atom stereocenters. The van der Waals surface area contributed by atoms with E-state index in [-0.39, 0.29) is 11.7 Å². The molecule has 98 valence electrons. The SMILES string of the molecule is CC(C)CONS(=O)(=O)Cc1ccc(C#N)cc1. The van der Waals surface area contributed by atoms with Gasteiger partial charge in [-0.25, -0.2) is 8.42 Å². The zero-order valence-electron chi connectivity index (χ0n) is 10.4. The first kappa shape index (κ1) is 14.6. The van der Waals surface area contributed by atoms with Crippen molar-refractivity contribution in [1.82, 2.24) is 4.89 Å². The van der Waals surface area contributed by atoms with Gasteiger partial charge in [-0.2, -0.15) is 5.26 Å². The van der Waals surface area contributed by atoms with E-state index in [0.717, 1.165) is 0 Å². The normalized spacial score (nSPS) is 11.4. The third kappa shape index (κ3) is 5.27. The summed E-state index contributed by atoms with van der Waals surface area (Å²) in [5.74, 6) is 0.0826. The summed E-state index contributed by atoms with van der Waals surface area (Å²) >= 11 is 0. The van der Waals surface area contributed by atoms with Gasteiger partial charge in [0, 0.05) is 0 Å². The Morgan fingerprint density at radius 3 is 2.44 bits per heavy atom. The molecule has 1 aromatic carbocycles. The van der Waals surface area contributed by atoms with Crippen LogP contribution in [0.25, 0.3) is 0 Å². The van der Waals surface area contributed by atoms with Gasteiger partial charge in [0.15, 0.2) is 0 Å². The highest BCUT2D eigenvalue weighted by atomic mass is 32.2. The predicted octanol–water partition coefficient (Wildman–Crippen LogP) is 1.57. The van der Waals surface area contributed by atoms with Crippen molar-refractivity contribution >= 4 is 10.0 Å². The maximum absolute atomic E-state index is 11.6. The maximum atomic E-state index is 11.6. The summed E-state index contributed by atoms with van der Waals surface area (Å²) < 4.78 is 23.3. The summed E-state index contributed by atoms with van der Waals surface area (Å²) in [4.78, 5) is 6.96. The average molecular weight is 268 g/mol. The Hall–Kier alpha value is -1.42. The van der Waals surface area contributed by atoms with E-state index in [0.29, 0.717) is 17.7 Å². The zero-order valence-corrected chi connectivity index (χ0v) is 11.2. The molecule has 0 aromatic heterocycles. The van der Waals surface area contributed by atoms with Crippen LogP contribution in [0, 0.1) is 17.2 Å². The van der Waals surface area contributed by atoms with Crippen molar-refractivity contribution in [2.75, 3.05) is 6.61 Å². The van der Waals surface area contributed by atoms with Crippen LogP contribution >= 0.6 is 0 Å². The van der Waals surface area contributed by atoms with E-state index >= 15 is 0 Å². The van der Waals surface area contributed by atoms with Crippen molar-refractivity contribution in [2.45, 2.75) is 19.6 Å².